The monoisotopic (exact) mass is 434 g/mol. The predicted octanol–water partition coefficient (Wildman–Crippen LogP) is 4.72. The highest BCUT2D eigenvalue weighted by molar-refractivity contribution is 7.89. The molecule has 0 saturated heterocycles. The molecule has 0 aliphatic rings. The second kappa shape index (κ2) is 8.75. The van der Waals surface area contributed by atoms with Crippen LogP contribution in [0.15, 0.2) is 77.7 Å². The Labute approximate surface area is 173 Å². The van der Waals surface area contributed by atoms with Crippen LogP contribution in [-0.2, 0) is 16.6 Å². The molecule has 0 spiro atoms. The third-order valence-electron chi connectivity index (χ3n) is 3.91. The zero-order valence-electron chi connectivity index (χ0n) is 14.5. The van der Waals surface area contributed by atoms with Crippen LogP contribution in [0, 0.1) is 0 Å². The number of sulfonamides is 1. The van der Waals surface area contributed by atoms with Crippen LogP contribution in [0.25, 0.3) is 0 Å². The van der Waals surface area contributed by atoms with E-state index < -0.39 is 10.0 Å². The van der Waals surface area contributed by atoms with Crippen LogP contribution in [0.4, 0.5) is 5.69 Å². The smallest absolute Gasteiger partial charge is 0.255 e. The van der Waals surface area contributed by atoms with Gasteiger partial charge in [-0.25, -0.2) is 13.1 Å². The van der Waals surface area contributed by atoms with Gasteiger partial charge in [-0.1, -0.05) is 53.5 Å². The predicted molar refractivity (Wildman–Crippen MR) is 111 cm³/mol. The zero-order chi connectivity index (χ0) is 20.1. The van der Waals surface area contributed by atoms with E-state index in [0.717, 1.165) is 5.56 Å². The number of carbonyl (C=O) groups excluding carboxylic acids is 1. The maximum absolute atomic E-state index is 12.4. The van der Waals surface area contributed by atoms with E-state index in [0.29, 0.717) is 16.3 Å². The molecule has 1 amide bonds. The number of hydrogen-bond donors (Lipinski definition) is 2. The number of halogens is 2. The summed E-state index contributed by atoms with van der Waals surface area (Å²) in [6.45, 7) is 0.193. The van der Waals surface area contributed by atoms with Crippen LogP contribution >= 0.6 is 23.2 Å². The lowest BCUT2D eigenvalue weighted by atomic mass is 10.2. The fourth-order valence-corrected chi connectivity index (χ4v) is 3.73. The molecule has 0 aromatic heterocycles. The summed E-state index contributed by atoms with van der Waals surface area (Å²) in [4.78, 5) is 12.4. The van der Waals surface area contributed by atoms with Crippen molar-refractivity contribution in [2.24, 2.45) is 0 Å². The molecule has 28 heavy (non-hydrogen) atoms. The summed E-state index contributed by atoms with van der Waals surface area (Å²) in [6, 6.07) is 19.7. The van der Waals surface area contributed by atoms with Gasteiger partial charge >= 0.3 is 0 Å². The van der Waals surface area contributed by atoms with Gasteiger partial charge in [-0.05, 0) is 48.0 Å². The normalized spacial score (nSPS) is 11.2. The van der Waals surface area contributed by atoms with Crippen molar-refractivity contribution in [3.05, 3.63) is 94.0 Å². The van der Waals surface area contributed by atoms with Crippen LogP contribution in [-0.4, -0.2) is 14.3 Å². The summed E-state index contributed by atoms with van der Waals surface area (Å²) in [6.07, 6.45) is 0. The van der Waals surface area contributed by atoms with Crippen molar-refractivity contribution in [2.45, 2.75) is 11.4 Å². The van der Waals surface area contributed by atoms with Crippen molar-refractivity contribution in [1.29, 1.82) is 0 Å². The number of nitrogens with one attached hydrogen (secondary N) is 2. The summed E-state index contributed by atoms with van der Waals surface area (Å²) in [5.41, 5.74) is 1.66. The molecule has 3 rings (SSSR count). The number of anilines is 1. The average Bonchev–Trinajstić information content (AvgIpc) is 2.70. The van der Waals surface area contributed by atoms with E-state index in [1.807, 2.05) is 30.3 Å². The number of rotatable bonds is 6. The Morgan fingerprint density at radius 2 is 1.54 bits per heavy atom. The van der Waals surface area contributed by atoms with E-state index in [1.165, 1.54) is 36.4 Å². The second-order valence-electron chi connectivity index (χ2n) is 5.92. The van der Waals surface area contributed by atoms with E-state index in [2.05, 4.69) is 10.0 Å². The molecule has 0 aliphatic carbocycles. The molecule has 0 saturated carbocycles. The van der Waals surface area contributed by atoms with E-state index in [9.17, 15) is 13.2 Å². The van der Waals surface area contributed by atoms with Crippen LogP contribution in [0.3, 0.4) is 0 Å². The van der Waals surface area contributed by atoms with Gasteiger partial charge in [0, 0.05) is 17.8 Å². The Balaban J connectivity index is 1.66. The molecule has 2 N–H and O–H groups in total. The molecule has 3 aromatic rings. The number of amides is 1. The van der Waals surface area contributed by atoms with Crippen LogP contribution in [0.2, 0.25) is 10.0 Å². The minimum Gasteiger partial charge on any atom is -0.322 e. The van der Waals surface area contributed by atoms with Crippen molar-refractivity contribution >= 4 is 44.8 Å². The van der Waals surface area contributed by atoms with Crippen molar-refractivity contribution in [1.82, 2.24) is 4.72 Å². The van der Waals surface area contributed by atoms with Crippen molar-refractivity contribution < 1.29 is 13.2 Å². The summed E-state index contributed by atoms with van der Waals surface area (Å²) in [5.74, 6) is -0.378. The van der Waals surface area contributed by atoms with Crippen LogP contribution in [0.1, 0.15) is 15.9 Å². The van der Waals surface area contributed by atoms with E-state index in [-0.39, 0.29) is 22.4 Å². The van der Waals surface area contributed by atoms with Crippen molar-refractivity contribution in [3.63, 3.8) is 0 Å². The summed E-state index contributed by atoms with van der Waals surface area (Å²) in [5, 5.41) is 3.32. The first kappa shape index (κ1) is 20.4. The first-order chi connectivity index (χ1) is 13.3. The first-order valence-corrected chi connectivity index (χ1v) is 10.5. The third-order valence-corrected chi connectivity index (χ3v) is 6.07. The van der Waals surface area contributed by atoms with Gasteiger partial charge < -0.3 is 5.32 Å². The number of benzene rings is 3. The Hall–Kier alpha value is -2.38. The van der Waals surface area contributed by atoms with Gasteiger partial charge in [0.05, 0.1) is 14.9 Å². The largest absolute Gasteiger partial charge is 0.322 e. The molecule has 0 fully saturated rings. The minimum atomic E-state index is -3.66. The molecule has 0 aliphatic heterocycles. The van der Waals surface area contributed by atoms with Gasteiger partial charge in [0.15, 0.2) is 0 Å². The number of carbonyl (C=O) groups is 1. The Morgan fingerprint density at radius 1 is 0.857 bits per heavy atom. The third kappa shape index (κ3) is 5.11. The Morgan fingerprint density at radius 3 is 2.18 bits per heavy atom. The van der Waals surface area contributed by atoms with Crippen molar-refractivity contribution in [3.8, 4) is 0 Å². The molecule has 0 unspecified atom stereocenters. The van der Waals surface area contributed by atoms with Crippen molar-refractivity contribution in [2.75, 3.05) is 5.32 Å². The topological polar surface area (TPSA) is 75.3 Å². The standard InChI is InChI=1S/C20H16Cl2N2O3S/c21-18-11-6-15(12-19(18)22)20(25)24-16-7-9-17(10-8-16)28(26,27)23-13-14-4-2-1-3-5-14/h1-12,23H,13H2,(H,24,25). The Bertz CT molecular complexity index is 1090. The summed E-state index contributed by atoms with van der Waals surface area (Å²) >= 11 is 11.8. The molecule has 0 heterocycles. The number of hydrogen-bond acceptors (Lipinski definition) is 3. The highest BCUT2D eigenvalue weighted by Crippen LogP contribution is 2.23. The molecular formula is C20H16Cl2N2O3S. The first-order valence-electron chi connectivity index (χ1n) is 8.25. The second-order valence-corrected chi connectivity index (χ2v) is 8.50. The quantitative estimate of drug-likeness (QED) is 0.588. The Kier molecular flexibility index (Phi) is 6.36. The SMILES string of the molecule is O=C(Nc1ccc(S(=O)(=O)NCc2ccccc2)cc1)c1ccc(Cl)c(Cl)c1. The molecule has 3 aromatic carbocycles. The molecule has 0 bridgehead atoms. The lowest BCUT2D eigenvalue weighted by molar-refractivity contribution is 0.102. The molecule has 5 nitrogen and oxygen atoms in total. The zero-order valence-corrected chi connectivity index (χ0v) is 16.9. The highest BCUT2D eigenvalue weighted by atomic mass is 35.5. The maximum atomic E-state index is 12.4. The van der Waals surface area contributed by atoms with Gasteiger partial charge in [-0.15, -0.1) is 0 Å². The average molecular weight is 435 g/mol. The summed E-state index contributed by atoms with van der Waals surface area (Å²) in [7, 11) is -3.66. The van der Waals surface area contributed by atoms with Gasteiger partial charge in [0.1, 0.15) is 0 Å². The van der Waals surface area contributed by atoms with E-state index in [1.54, 1.807) is 6.07 Å². The van der Waals surface area contributed by atoms with Crippen LogP contribution in [0.5, 0.6) is 0 Å². The fourth-order valence-electron chi connectivity index (χ4n) is 2.42. The molecular weight excluding hydrogens is 419 g/mol. The molecule has 144 valence electrons. The molecule has 0 atom stereocenters. The fraction of sp³-hybridized carbons (Fsp3) is 0.0500. The molecule has 0 radical (unpaired) electrons. The maximum Gasteiger partial charge on any atom is 0.255 e. The van der Waals surface area contributed by atoms with E-state index in [4.69, 9.17) is 23.2 Å². The summed E-state index contributed by atoms with van der Waals surface area (Å²) < 4.78 is 27.4. The lowest BCUT2D eigenvalue weighted by Gasteiger charge is -2.09. The van der Waals surface area contributed by atoms with Crippen LogP contribution < -0.4 is 10.0 Å². The lowest BCUT2D eigenvalue weighted by Crippen LogP contribution is -2.23. The van der Waals surface area contributed by atoms with Gasteiger partial charge in [-0.3, -0.25) is 4.79 Å². The van der Waals surface area contributed by atoms with Gasteiger partial charge in [0.25, 0.3) is 5.91 Å². The van der Waals surface area contributed by atoms with E-state index >= 15 is 0 Å². The van der Waals surface area contributed by atoms with Gasteiger partial charge in [0.2, 0.25) is 10.0 Å². The minimum absolute atomic E-state index is 0.107. The molecule has 8 heteroatoms. The van der Waals surface area contributed by atoms with Gasteiger partial charge in [-0.2, -0.15) is 0 Å². The highest BCUT2D eigenvalue weighted by Gasteiger charge is 2.14.